The molecule has 3 aromatic rings. The highest BCUT2D eigenvalue weighted by molar-refractivity contribution is 5.87. The van der Waals surface area contributed by atoms with Crippen molar-refractivity contribution in [2.75, 3.05) is 0 Å². The van der Waals surface area contributed by atoms with Crippen LogP contribution in [0.25, 0.3) is 22.2 Å². The van der Waals surface area contributed by atoms with Gasteiger partial charge in [0.2, 0.25) is 0 Å². The van der Waals surface area contributed by atoms with Crippen LogP contribution in [0.2, 0.25) is 0 Å². The van der Waals surface area contributed by atoms with Crippen LogP contribution >= 0.6 is 0 Å². The molecule has 1 heteroatoms. The Morgan fingerprint density at radius 2 is 1.81 bits per heavy atom. The second kappa shape index (κ2) is 5.61. The van der Waals surface area contributed by atoms with Gasteiger partial charge in [0, 0.05) is 23.1 Å². The maximum absolute atomic E-state index is 2.40. The molecule has 0 spiro atoms. The number of rotatable bonds is 3. The molecule has 0 amide bonds. The number of para-hydroxylation sites is 1. The van der Waals surface area contributed by atoms with Gasteiger partial charge in [0.05, 0.1) is 0 Å². The van der Waals surface area contributed by atoms with Crippen LogP contribution in [0.4, 0.5) is 0 Å². The van der Waals surface area contributed by atoms with Crippen molar-refractivity contribution in [1.82, 2.24) is 4.57 Å². The Morgan fingerprint density at radius 3 is 2.57 bits per heavy atom. The number of fused-ring (bicyclic) bond motifs is 1. The summed E-state index contributed by atoms with van der Waals surface area (Å²) in [5.41, 5.74) is 6.52. The average molecular weight is 275 g/mol. The van der Waals surface area contributed by atoms with E-state index < -0.39 is 0 Å². The van der Waals surface area contributed by atoms with E-state index in [0.717, 1.165) is 6.54 Å². The molecular formula is C20H21N. The molecule has 0 aliphatic rings. The highest BCUT2D eigenvalue weighted by Gasteiger charge is 2.09. The molecule has 1 aromatic heterocycles. The first-order chi connectivity index (χ1) is 10.1. The summed E-state index contributed by atoms with van der Waals surface area (Å²) in [6.07, 6.45) is 2.28. The lowest BCUT2D eigenvalue weighted by Gasteiger charge is -2.10. The number of hydrogen-bond donors (Lipinski definition) is 0. The van der Waals surface area contributed by atoms with Crippen LogP contribution in [0.5, 0.6) is 0 Å². The van der Waals surface area contributed by atoms with E-state index in [2.05, 4.69) is 86.0 Å². The molecule has 0 N–H and O–H groups in total. The summed E-state index contributed by atoms with van der Waals surface area (Å²) in [4.78, 5) is 0. The van der Waals surface area contributed by atoms with Gasteiger partial charge in [-0.25, -0.2) is 0 Å². The van der Waals surface area contributed by atoms with E-state index in [-0.39, 0.29) is 0 Å². The minimum absolute atomic E-state index is 0.916. The number of benzene rings is 2. The van der Waals surface area contributed by atoms with E-state index in [1.807, 2.05) is 0 Å². The van der Waals surface area contributed by atoms with E-state index in [1.54, 1.807) is 0 Å². The number of nitrogens with zero attached hydrogens (tertiary/aromatic N) is 1. The monoisotopic (exact) mass is 275 g/mol. The summed E-state index contributed by atoms with van der Waals surface area (Å²) in [6, 6.07) is 19.6. The Balaban J connectivity index is 2.21. The predicted molar refractivity (Wildman–Crippen MR) is 91.5 cm³/mol. The molecular weight excluding hydrogens is 254 g/mol. The van der Waals surface area contributed by atoms with Crippen LogP contribution in [0, 0.1) is 6.92 Å². The fourth-order valence-corrected chi connectivity index (χ4v) is 2.72. The quantitative estimate of drug-likeness (QED) is 0.550. The normalized spacial score (nSPS) is 10.8. The summed E-state index contributed by atoms with van der Waals surface area (Å²) in [7, 11) is 0. The van der Waals surface area contributed by atoms with E-state index in [0.29, 0.717) is 0 Å². The third-order valence-electron chi connectivity index (χ3n) is 3.81. The van der Waals surface area contributed by atoms with Gasteiger partial charge in [-0.05, 0) is 44.5 Å². The minimum Gasteiger partial charge on any atom is -0.337 e. The SMILES string of the molecule is CC(C)=CCn1c(-c2cccc(C)c2)cc2ccccc21. The number of hydrogen-bond acceptors (Lipinski definition) is 0. The largest absolute Gasteiger partial charge is 0.337 e. The lowest BCUT2D eigenvalue weighted by atomic mass is 10.1. The fraction of sp³-hybridized carbons (Fsp3) is 0.200. The summed E-state index contributed by atoms with van der Waals surface area (Å²) in [6.45, 7) is 7.36. The Hall–Kier alpha value is -2.28. The third kappa shape index (κ3) is 2.78. The topological polar surface area (TPSA) is 4.93 Å². The number of allylic oxidation sites excluding steroid dienone is 2. The van der Waals surface area contributed by atoms with Gasteiger partial charge in [0.25, 0.3) is 0 Å². The second-order valence-corrected chi connectivity index (χ2v) is 5.85. The fourth-order valence-electron chi connectivity index (χ4n) is 2.72. The van der Waals surface area contributed by atoms with Gasteiger partial charge in [0.15, 0.2) is 0 Å². The second-order valence-electron chi connectivity index (χ2n) is 5.85. The lowest BCUT2D eigenvalue weighted by molar-refractivity contribution is 0.864. The van der Waals surface area contributed by atoms with E-state index in [9.17, 15) is 0 Å². The molecule has 0 fully saturated rings. The molecule has 0 aliphatic carbocycles. The van der Waals surface area contributed by atoms with Gasteiger partial charge in [-0.1, -0.05) is 53.6 Å². The standard InChI is InChI=1S/C20H21N/c1-15(2)11-12-21-19-10-5-4-8-18(19)14-20(21)17-9-6-7-16(3)13-17/h4-11,13-14H,12H2,1-3H3. The Labute approximate surface area is 126 Å². The summed E-state index contributed by atoms with van der Waals surface area (Å²) >= 11 is 0. The highest BCUT2D eigenvalue weighted by Crippen LogP contribution is 2.29. The molecule has 0 radical (unpaired) electrons. The molecule has 2 aromatic carbocycles. The van der Waals surface area contributed by atoms with Gasteiger partial charge >= 0.3 is 0 Å². The van der Waals surface area contributed by atoms with Crippen LogP contribution in [-0.2, 0) is 6.54 Å². The zero-order valence-electron chi connectivity index (χ0n) is 12.9. The van der Waals surface area contributed by atoms with Crippen molar-refractivity contribution >= 4 is 10.9 Å². The summed E-state index contributed by atoms with van der Waals surface area (Å²) in [5.74, 6) is 0. The third-order valence-corrected chi connectivity index (χ3v) is 3.81. The Bertz CT molecular complexity index is 802. The van der Waals surface area contributed by atoms with Gasteiger partial charge in [-0.2, -0.15) is 0 Å². The van der Waals surface area contributed by atoms with Crippen molar-refractivity contribution in [3.05, 3.63) is 71.8 Å². The average Bonchev–Trinajstić information content (AvgIpc) is 2.84. The molecule has 3 rings (SSSR count). The van der Waals surface area contributed by atoms with E-state index >= 15 is 0 Å². The molecule has 106 valence electrons. The van der Waals surface area contributed by atoms with Gasteiger partial charge < -0.3 is 4.57 Å². The molecule has 0 atom stereocenters. The summed E-state index contributed by atoms with van der Waals surface area (Å²) in [5, 5.41) is 1.30. The Kier molecular flexibility index (Phi) is 3.66. The van der Waals surface area contributed by atoms with Crippen molar-refractivity contribution < 1.29 is 0 Å². The maximum atomic E-state index is 2.40. The van der Waals surface area contributed by atoms with Crippen LogP contribution in [0.1, 0.15) is 19.4 Å². The van der Waals surface area contributed by atoms with Gasteiger partial charge in [0.1, 0.15) is 0 Å². The number of aryl methyl sites for hydroxylation is 1. The smallest absolute Gasteiger partial charge is 0.0494 e. The van der Waals surface area contributed by atoms with Gasteiger partial charge in [-0.15, -0.1) is 0 Å². The predicted octanol–water partition coefficient (Wildman–Crippen LogP) is 5.58. The van der Waals surface area contributed by atoms with Crippen LogP contribution in [0.3, 0.4) is 0 Å². The van der Waals surface area contributed by atoms with Crippen molar-refractivity contribution in [3.8, 4) is 11.3 Å². The molecule has 21 heavy (non-hydrogen) atoms. The molecule has 0 saturated carbocycles. The molecule has 1 heterocycles. The van der Waals surface area contributed by atoms with E-state index in [1.165, 1.54) is 33.3 Å². The molecule has 1 nitrogen and oxygen atoms in total. The number of aromatic nitrogens is 1. The first-order valence-electron chi connectivity index (χ1n) is 7.44. The summed E-state index contributed by atoms with van der Waals surface area (Å²) < 4.78 is 2.40. The molecule has 0 aliphatic heterocycles. The van der Waals surface area contributed by atoms with Crippen molar-refractivity contribution in [3.63, 3.8) is 0 Å². The minimum atomic E-state index is 0.916. The zero-order valence-corrected chi connectivity index (χ0v) is 12.9. The molecule has 0 saturated heterocycles. The highest BCUT2D eigenvalue weighted by atomic mass is 15.0. The van der Waals surface area contributed by atoms with Crippen molar-refractivity contribution in [2.45, 2.75) is 27.3 Å². The van der Waals surface area contributed by atoms with Crippen molar-refractivity contribution in [1.29, 1.82) is 0 Å². The van der Waals surface area contributed by atoms with Gasteiger partial charge in [-0.3, -0.25) is 0 Å². The maximum Gasteiger partial charge on any atom is 0.0494 e. The van der Waals surface area contributed by atoms with Crippen LogP contribution in [0.15, 0.2) is 66.2 Å². The van der Waals surface area contributed by atoms with Crippen LogP contribution < -0.4 is 0 Å². The van der Waals surface area contributed by atoms with Crippen molar-refractivity contribution in [2.24, 2.45) is 0 Å². The Morgan fingerprint density at radius 1 is 1.00 bits per heavy atom. The molecule has 0 bridgehead atoms. The lowest BCUT2D eigenvalue weighted by Crippen LogP contribution is -1.98. The van der Waals surface area contributed by atoms with Crippen LogP contribution in [-0.4, -0.2) is 4.57 Å². The first-order valence-corrected chi connectivity index (χ1v) is 7.44. The molecule has 0 unspecified atom stereocenters. The van der Waals surface area contributed by atoms with E-state index in [4.69, 9.17) is 0 Å². The zero-order chi connectivity index (χ0) is 14.8. The first kappa shape index (κ1) is 13.7.